The maximum absolute atomic E-state index is 14.9. The van der Waals surface area contributed by atoms with Gasteiger partial charge in [-0.05, 0) is 56.5 Å². The van der Waals surface area contributed by atoms with Crippen LogP contribution in [0.15, 0.2) is 35.6 Å². The molecule has 178 valence electrons. The maximum atomic E-state index is 14.9. The lowest BCUT2D eigenvalue weighted by atomic mass is 9.71. The number of hydrogen-bond donors (Lipinski definition) is 1. The summed E-state index contributed by atoms with van der Waals surface area (Å²) in [7, 11) is -3.51. The number of hydrogen-bond acceptors (Lipinski definition) is 8. The topological polar surface area (TPSA) is 131 Å². The van der Waals surface area contributed by atoms with Gasteiger partial charge in [0.2, 0.25) is 5.88 Å². The fourth-order valence-electron chi connectivity index (χ4n) is 3.88. The number of nitrogens with zero attached hydrogens (tertiary/aromatic N) is 4. The number of aromatic nitrogens is 2. The van der Waals surface area contributed by atoms with Gasteiger partial charge in [0.05, 0.1) is 29.6 Å². The van der Waals surface area contributed by atoms with E-state index in [-0.39, 0.29) is 29.8 Å². The Balaban J connectivity index is 1.57. The quantitative estimate of drug-likeness (QED) is 0.691. The Morgan fingerprint density at radius 1 is 1.32 bits per heavy atom. The molecule has 1 spiro atoms. The Bertz CT molecular complexity index is 1360. The highest BCUT2D eigenvalue weighted by molar-refractivity contribution is 7.93. The van der Waals surface area contributed by atoms with Gasteiger partial charge in [-0.3, -0.25) is 4.99 Å². The van der Waals surface area contributed by atoms with Crippen molar-refractivity contribution in [3.8, 4) is 11.9 Å². The SMILES string of the molecule is CC(C)(C#N)COc1cnc(/C(F)=C/c2ccc3c(c2)[C@]2(C3)CS(=O)(=O)C(C)(C)C(N)=N2)cn1. The summed E-state index contributed by atoms with van der Waals surface area (Å²) in [6.45, 7) is 6.72. The molecular weight excluding hydrogens is 457 g/mol. The third kappa shape index (κ3) is 4.05. The summed E-state index contributed by atoms with van der Waals surface area (Å²) in [5, 5.41) is 9.05. The van der Waals surface area contributed by atoms with Gasteiger partial charge in [-0.25, -0.2) is 22.8 Å². The molecular formula is C24H26FN5O3S. The highest BCUT2D eigenvalue weighted by Crippen LogP contribution is 2.48. The Kier molecular flexibility index (Phi) is 5.52. The second-order valence-corrected chi connectivity index (χ2v) is 12.4. The number of sulfone groups is 1. The van der Waals surface area contributed by atoms with Crippen LogP contribution < -0.4 is 10.5 Å². The number of fused-ring (bicyclic) bond motifs is 2. The van der Waals surface area contributed by atoms with Crippen LogP contribution in [0.5, 0.6) is 5.88 Å². The Morgan fingerprint density at radius 2 is 2.06 bits per heavy atom. The van der Waals surface area contributed by atoms with Crippen LogP contribution in [0.2, 0.25) is 0 Å². The van der Waals surface area contributed by atoms with Crippen molar-refractivity contribution in [2.24, 2.45) is 16.1 Å². The van der Waals surface area contributed by atoms with E-state index in [0.29, 0.717) is 12.0 Å². The predicted molar refractivity (Wildman–Crippen MR) is 127 cm³/mol. The minimum Gasteiger partial charge on any atom is -0.475 e. The van der Waals surface area contributed by atoms with E-state index in [0.717, 1.165) is 11.1 Å². The first-order valence-electron chi connectivity index (χ1n) is 10.7. The van der Waals surface area contributed by atoms with Gasteiger partial charge in [-0.15, -0.1) is 0 Å². The number of benzene rings is 1. The predicted octanol–water partition coefficient (Wildman–Crippen LogP) is 3.19. The Morgan fingerprint density at radius 3 is 2.68 bits per heavy atom. The Hall–Kier alpha value is -3.32. The largest absolute Gasteiger partial charge is 0.475 e. The third-order valence-corrected chi connectivity index (χ3v) is 8.95. The standard InChI is InChI=1S/C24H26FN5O3S/c1-22(2,12-26)13-33-20-11-28-19(10-29-20)18(25)8-15-5-6-16-9-24(17(16)7-15)14-34(31,32)23(3,4)21(27)30-24/h5-8,10-11H,9,13-14H2,1-4H3,(H2,27,30)/b18-8-/t24-/m0/s1. The van der Waals surface area contributed by atoms with E-state index >= 15 is 0 Å². The van der Waals surface area contributed by atoms with Gasteiger partial charge in [0, 0.05) is 6.42 Å². The summed E-state index contributed by atoms with van der Waals surface area (Å²) in [6, 6.07) is 7.47. The van der Waals surface area contributed by atoms with Crippen LogP contribution in [0.1, 0.15) is 50.1 Å². The van der Waals surface area contributed by atoms with Crippen molar-refractivity contribution >= 4 is 27.6 Å². The molecule has 1 aliphatic heterocycles. The molecule has 8 nitrogen and oxygen atoms in total. The van der Waals surface area contributed by atoms with Crippen LogP contribution >= 0.6 is 0 Å². The van der Waals surface area contributed by atoms with E-state index in [1.54, 1.807) is 39.8 Å². The van der Waals surface area contributed by atoms with Crippen molar-refractivity contribution in [1.82, 2.24) is 9.97 Å². The van der Waals surface area contributed by atoms with Crippen LogP contribution in [-0.2, 0) is 21.8 Å². The lowest BCUT2D eigenvalue weighted by molar-refractivity contribution is 0.218. The number of aliphatic imine (C=N–C) groups is 1. The van der Waals surface area contributed by atoms with E-state index in [4.69, 9.17) is 15.7 Å². The first kappa shape index (κ1) is 23.8. The van der Waals surface area contributed by atoms with Crippen LogP contribution in [0.25, 0.3) is 11.9 Å². The van der Waals surface area contributed by atoms with E-state index in [1.165, 1.54) is 18.5 Å². The summed E-state index contributed by atoms with van der Waals surface area (Å²) in [5.41, 5.74) is 6.71. The van der Waals surface area contributed by atoms with Crippen LogP contribution in [0.3, 0.4) is 0 Å². The van der Waals surface area contributed by atoms with E-state index in [2.05, 4.69) is 21.0 Å². The number of nitrogens with two attached hydrogens (primary N) is 1. The zero-order valence-electron chi connectivity index (χ0n) is 19.5. The average Bonchev–Trinajstić information content (AvgIpc) is 2.77. The summed E-state index contributed by atoms with van der Waals surface area (Å²) >= 11 is 0. The lowest BCUT2D eigenvalue weighted by Crippen LogP contribution is -2.58. The fourth-order valence-corrected chi connectivity index (χ4v) is 5.55. The highest BCUT2D eigenvalue weighted by atomic mass is 32.2. The van der Waals surface area contributed by atoms with Crippen molar-refractivity contribution < 1.29 is 17.5 Å². The monoisotopic (exact) mass is 483 g/mol. The van der Waals surface area contributed by atoms with E-state index in [1.807, 2.05) is 6.07 Å². The molecule has 0 unspecified atom stereocenters. The minimum absolute atomic E-state index is 0.0218. The second kappa shape index (κ2) is 7.87. The van der Waals surface area contributed by atoms with Crippen LogP contribution in [0.4, 0.5) is 4.39 Å². The first-order chi connectivity index (χ1) is 15.8. The molecule has 10 heteroatoms. The minimum atomic E-state index is -3.51. The average molecular weight is 484 g/mol. The third-order valence-electron chi connectivity index (χ3n) is 6.33. The summed E-state index contributed by atoms with van der Waals surface area (Å²) in [4.78, 5) is 12.7. The zero-order valence-corrected chi connectivity index (χ0v) is 20.3. The molecule has 0 radical (unpaired) electrons. The molecule has 2 N–H and O–H groups in total. The molecule has 2 aromatic rings. The van der Waals surface area contributed by atoms with Crippen LogP contribution in [0, 0.1) is 16.7 Å². The molecule has 1 aliphatic carbocycles. The number of amidine groups is 1. The number of rotatable bonds is 5. The van der Waals surface area contributed by atoms with Crippen molar-refractivity contribution in [3.05, 3.63) is 53.0 Å². The second-order valence-electron chi connectivity index (χ2n) is 9.91. The maximum Gasteiger partial charge on any atom is 0.232 e. The fraction of sp³-hybridized carbons (Fsp3) is 0.417. The molecule has 0 amide bonds. The van der Waals surface area contributed by atoms with Crippen molar-refractivity contribution in [2.75, 3.05) is 12.4 Å². The van der Waals surface area contributed by atoms with Crippen LogP contribution in [-0.4, -0.2) is 41.3 Å². The number of ether oxygens (including phenoxy) is 1. The summed E-state index contributed by atoms with van der Waals surface area (Å²) in [6.07, 6.45) is 4.34. The molecule has 2 aliphatic rings. The van der Waals surface area contributed by atoms with Gasteiger partial charge in [0.25, 0.3) is 0 Å². The smallest absolute Gasteiger partial charge is 0.232 e. The van der Waals surface area contributed by atoms with Gasteiger partial charge in [0.15, 0.2) is 15.7 Å². The van der Waals surface area contributed by atoms with Crippen molar-refractivity contribution in [3.63, 3.8) is 0 Å². The molecule has 1 aromatic heterocycles. The van der Waals surface area contributed by atoms with Crippen molar-refractivity contribution in [1.29, 1.82) is 5.26 Å². The molecule has 1 atom stereocenters. The van der Waals surface area contributed by atoms with E-state index in [9.17, 15) is 12.8 Å². The summed E-state index contributed by atoms with van der Waals surface area (Å²) < 4.78 is 44.8. The molecule has 2 heterocycles. The van der Waals surface area contributed by atoms with Gasteiger partial charge in [-0.2, -0.15) is 5.26 Å². The highest BCUT2D eigenvalue weighted by Gasteiger charge is 2.54. The van der Waals surface area contributed by atoms with E-state index < -0.39 is 31.4 Å². The lowest BCUT2D eigenvalue weighted by Gasteiger charge is -2.46. The molecule has 34 heavy (non-hydrogen) atoms. The van der Waals surface area contributed by atoms with Gasteiger partial charge in [-0.1, -0.05) is 12.1 Å². The van der Waals surface area contributed by atoms with Gasteiger partial charge < -0.3 is 10.5 Å². The molecule has 0 saturated heterocycles. The zero-order chi connectivity index (χ0) is 24.9. The number of nitriles is 1. The van der Waals surface area contributed by atoms with Crippen molar-refractivity contribution in [2.45, 2.75) is 44.4 Å². The molecule has 0 saturated carbocycles. The molecule has 4 rings (SSSR count). The molecule has 0 fully saturated rings. The summed E-state index contributed by atoms with van der Waals surface area (Å²) in [5.74, 6) is -0.455. The van der Waals surface area contributed by atoms with Gasteiger partial charge in [0.1, 0.15) is 28.4 Å². The Labute approximate surface area is 198 Å². The molecule has 0 bridgehead atoms. The van der Waals surface area contributed by atoms with Gasteiger partial charge >= 0.3 is 0 Å². The first-order valence-corrected chi connectivity index (χ1v) is 12.4. The number of halogens is 1. The normalized spacial score (nSPS) is 22.8. The molecule has 1 aromatic carbocycles.